The van der Waals surface area contributed by atoms with E-state index in [1.165, 1.54) is 22.5 Å². The molecule has 0 bridgehead atoms. The van der Waals surface area contributed by atoms with Gasteiger partial charge in [0.1, 0.15) is 23.8 Å². The zero-order valence-corrected chi connectivity index (χ0v) is 18.1. The van der Waals surface area contributed by atoms with Crippen LogP contribution in [0, 0.1) is 13.8 Å². The van der Waals surface area contributed by atoms with Gasteiger partial charge in [0, 0.05) is 5.56 Å². The minimum Gasteiger partial charge on any atom is -0.497 e. The van der Waals surface area contributed by atoms with Crippen molar-refractivity contribution < 1.29 is 9.47 Å². The largest absolute Gasteiger partial charge is 0.497 e. The molecule has 0 fully saturated rings. The third-order valence-electron chi connectivity index (χ3n) is 5.08. The van der Waals surface area contributed by atoms with Crippen LogP contribution >= 0.6 is 11.3 Å². The van der Waals surface area contributed by atoms with E-state index in [2.05, 4.69) is 45.4 Å². The van der Waals surface area contributed by atoms with E-state index in [4.69, 9.17) is 9.47 Å². The van der Waals surface area contributed by atoms with Crippen LogP contribution in [0.3, 0.4) is 0 Å². The summed E-state index contributed by atoms with van der Waals surface area (Å²) in [5.74, 6) is 2.24. The summed E-state index contributed by atoms with van der Waals surface area (Å²) in [6.07, 6.45) is 0. The van der Waals surface area contributed by atoms with E-state index in [0.29, 0.717) is 17.4 Å². The molecule has 3 heterocycles. The van der Waals surface area contributed by atoms with Crippen molar-refractivity contribution in [1.29, 1.82) is 0 Å². The van der Waals surface area contributed by atoms with Crippen LogP contribution in [0.15, 0.2) is 48.5 Å². The first-order valence-electron chi connectivity index (χ1n) is 9.72. The Bertz CT molecular complexity index is 1350. The van der Waals surface area contributed by atoms with E-state index in [0.717, 1.165) is 33.5 Å². The Morgan fingerprint density at radius 2 is 1.77 bits per heavy atom. The lowest BCUT2D eigenvalue weighted by molar-refractivity contribution is 0.304. The molecule has 0 aliphatic carbocycles. The van der Waals surface area contributed by atoms with Crippen LogP contribution in [-0.4, -0.2) is 37.1 Å². The summed E-state index contributed by atoms with van der Waals surface area (Å²) in [6, 6.07) is 15.7. The summed E-state index contributed by atoms with van der Waals surface area (Å²) in [7, 11) is 1.65. The van der Waals surface area contributed by atoms with E-state index in [-0.39, 0.29) is 0 Å². The second kappa shape index (κ2) is 7.84. The monoisotopic (exact) mass is 432 g/mol. The molecule has 2 aromatic carbocycles. The number of H-pyrrole nitrogens is 1. The van der Waals surface area contributed by atoms with Gasteiger partial charge in [-0.25, -0.2) is 0 Å². The van der Waals surface area contributed by atoms with Crippen molar-refractivity contribution in [2.24, 2.45) is 0 Å². The molecule has 0 radical (unpaired) electrons. The number of aromatic amines is 1. The zero-order valence-electron chi connectivity index (χ0n) is 17.3. The van der Waals surface area contributed by atoms with Gasteiger partial charge in [-0.1, -0.05) is 17.4 Å². The highest BCUT2D eigenvalue weighted by Gasteiger charge is 2.16. The normalized spacial score (nSPS) is 11.2. The predicted molar refractivity (Wildman–Crippen MR) is 118 cm³/mol. The van der Waals surface area contributed by atoms with E-state index in [1.54, 1.807) is 11.6 Å². The van der Waals surface area contributed by atoms with Gasteiger partial charge in [-0.05, 0) is 67.4 Å². The maximum atomic E-state index is 5.91. The highest BCUT2D eigenvalue weighted by atomic mass is 32.1. The third-order valence-corrected chi connectivity index (χ3v) is 5.95. The average Bonchev–Trinajstić information content (AvgIpc) is 3.50. The van der Waals surface area contributed by atoms with E-state index >= 15 is 0 Å². The maximum Gasteiger partial charge on any atom is 0.235 e. The number of hydrogen-bond donors (Lipinski definition) is 1. The van der Waals surface area contributed by atoms with Crippen molar-refractivity contribution in [2.75, 3.05) is 7.11 Å². The molecule has 0 saturated carbocycles. The van der Waals surface area contributed by atoms with Crippen molar-refractivity contribution in [3.8, 4) is 34.3 Å². The predicted octanol–water partition coefficient (Wildman–Crippen LogP) is 4.45. The van der Waals surface area contributed by atoms with E-state index in [9.17, 15) is 0 Å². The van der Waals surface area contributed by atoms with Gasteiger partial charge in [-0.15, -0.1) is 10.2 Å². The van der Waals surface area contributed by atoms with Gasteiger partial charge in [0.25, 0.3) is 0 Å². The average molecular weight is 433 g/mol. The molecular formula is C22H20N6O2S. The summed E-state index contributed by atoms with van der Waals surface area (Å²) in [6.45, 7) is 4.53. The Morgan fingerprint density at radius 3 is 2.55 bits per heavy atom. The summed E-state index contributed by atoms with van der Waals surface area (Å²) < 4.78 is 12.8. The quantitative estimate of drug-likeness (QED) is 0.426. The zero-order chi connectivity index (χ0) is 21.4. The SMILES string of the molecule is COc1ccc(-c2cc(-c3nnc4sc(COc5ccc(C)c(C)c5)nn34)[nH]n2)cc1. The van der Waals surface area contributed by atoms with Crippen LogP contribution in [0.25, 0.3) is 27.7 Å². The van der Waals surface area contributed by atoms with Crippen molar-refractivity contribution >= 4 is 16.3 Å². The lowest BCUT2D eigenvalue weighted by Gasteiger charge is -2.06. The summed E-state index contributed by atoms with van der Waals surface area (Å²) in [4.78, 5) is 0.703. The van der Waals surface area contributed by atoms with Crippen LogP contribution in [0.2, 0.25) is 0 Å². The maximum absolute atomic E-state index is 5.91. The molecule has 0 saturated heterocycles. The van der Waals surface area contributed by atoms with Gasteiger partial charge in [0.15, 0.2) is 5.01 Å². The molecule has 31 heavy (non-hydrogen) atoms. The Balaban J connectivity index is 1.37. The number of nitrogens with zero attached hydrogens (tertiary/aromatic N) is 5. The van der Waals surface area contributed by atoms with Gasteiger partial charge in [-0.2, -0.15) is 14.7 Å². The number of hydrogen-bond acceptors (Lipinski definition) is 7. The first kappa shape index (κ1) is 19.3. The van der Waals surface area contributed by atoms with E-state index in [1.807, 2.05) is 42.5 Å². The molecule has 5 aromatic rings. The minimum atomic E-state index is 0.371. The van der Waals surface area contributed by atoms with Crippen molar-refractivity contribution in [1.82, 2.24) is 30.0 Å². The fraction of sp³-hybridized carbons (Fsp3) is 0.182. The number of methoxy groups -OCH3 is 1. The molecule has 3 aromatic heterocycles. The van der Waals surface area contributed by atoms with Crippen LogP contribution in [0.5, 0.6) is 11.5 Å². The molecule has 5 rings (SSSR count). The second-order valence-corrected chi connectivity index (χ2v) is 8.18. The van der Waals surface area contributed by atoms with E-state index < -0.39 is 0 Å². The Morgan fingerprint density at radius 1 is 0.968 bits per heavy atom. The number of aromatic nitrogens is 6. The minimum absolute atomic E-state index is 0.371. The molecular weight excluding hydrogens is 412 g/mol. The Hall–Kier alpha value is -3.72. The van der Waals surface area contributed by atoms with Gasteiger partial charge in [0.05, 0.1) is 12.8 Å². The van der Waals surface area contributed by atoms with Crippen LogP contribution < -0.4 is 9.47 Å². The molecule has 0 atom stereocenters. The molecule has 0 spiro atoms. The lowest BCUT2D eigenvalue weighted by Crippen LogP contribution is -1.98. The van der Waals surface area contributed by atoms with Gasteiger partial charge in [-0.3, -0.25) is 5.10 Å². The number of nitrogens with one attached hydrogen (secondary N) is 1. The van der Waals surface area contributed by atoms with Gasteiger partial charge < -0.3 is 9.47 Å². The highest BCUT2D eigenvalue weighted by Crippen LogP contribution is 2.26. The molecule has 9 heteroatoms. The first-order valence-corrected chi connectivity index (χ1v) is 10.5. The van der Waals surface area contributed by atoms with Gasteiger partial charge >= 0.3 is 0 Å². The topological polar surface area (TPSA) is 90.2 Å². The molecule has 0 unspecified atom stereocenters. The molecule has 0 amide bonds. The van der Waals surface area contributed by atoms with Gasteiger partial charge in [0.2, 0.25) is 10.8 Å². The van der Waals surface area contributed by atoms with Crippen LogP contribution in [-0.2, 0) is 6.61 Å². The number of aryl methyl sites for hydroxylation is 2. The number of rotatable bonds is 6. The number of fused-ring (bicyclic) bond motifs is 1. The molecule has 0 aliphatic rings. The van der Waals surface area contributed by atoms with Crippen molar-refractivity contribution in [3.05, 3.63) is 64.7 Å². The summed E-state index contributed by atoms with van der Waals surface area (Å²) in [5.41, 5.74) is 4.96. The van der Waals surface area contributed by atoms with Crippen LogP contribution in [0.1, 0.15) is 16.1 Å². The fourth-order valence-electron chi connectivity index (χ4n) is 3.18. The molecule has 8 nitrogen and oxygen atoms in total. The molecule has 0 aliphatic heterocycles. The smallest absolute Gasteiger partial charge is 0.235 e. The first-order chi connectivity index (χ1) is 15.1. The Kier molecular flexibility index (Phi) is 4.87. The Labute approximate surface area is 182 Å². The van der Waals surface area contributed by atoms with Crippen molar-refractivity contribution in [3.63, 3.8) is 0 Å². The molecule has 1 N–H and O–H groups in total. The van der Waals surface area contributed by atoms with Crippen LogP contribution in [0.4, 0.5) is 0 Å². The number of benzene rings is 2. The standard InChI is InChI=1S/C22H20N6O2S/c1-13-4-7-17(10-14(13)2)30-12-20-27-28-21(25-26-22(28)31-20)19-11-18(23-24-19)15-5-8-16(29-3)9-6-15/h4-11H,12H2,1-3H3,(H,23,24). The lowest BCUT2D eigenvalue weighted by atomic mass is 10.1. The fourth-order valence-corrected chi connectivity index (χ4v) is 3.92. The number of ether oxygens (including phenoxy) is 2. The van der Waals surface area contributed by atoms with Crippen molar-refractivity contribution in [2.45, 2.75) is 20.5 Å². The summed E-state index contributed by atoms with van der Waals surface area (Å²) >= 11 is 1.45. The highest BCUT2D eigenvalue weighted by molar-refractivity contribution is 7.16. The summed E-state index contributed by atoms with van der Waals surface area (Å²) in [5, 5.41) is 21.4. The second-order valence-electron chi connectivity index (χ2n) is 7.14. The third kappa shape index (κ3) is 3.75. The molecule has 156 valence electrons.